The van der Waals surface area contributed by atoms with E-state index in [-0.39, 0.29) is 11.1 Å². The van der Waals surface area contributed by atoms with Crippen molar-refractivity contribution in [1.29, 1.82) is 0 Å². The fraction of sp³-hybridized carbons (Fsp3) is 0. The van der Waals surface area contributed by atoms with Gasteiger partial charge in [0.25, 0.3) is 0 Å². The molecule has 0 bridgehead atoms. The number of hydrogen-bond acceptors (Lipinski definition) is 1. The number of halogens is 1. The summed E-state index contributed by atoms with van der Waals surface area (Å²) in [4.78, 5) is 13.5. The first-order valence-corrected chi connectivity index (χ1v) is 4.35. The quantitative estimate of drug-likeness (QED) is 0.791. The third-order valence-electron chi connectivity index (χ3n) is 2.10. The Morgan fingerprint density at radius 1 is 1.33 bits per heavy atom. The Morgan fingerprint density at radius 3 is 2.73 bits per heavy atom. The molecule has 0 spiro atoms. The summed E-state index contributed by atoms with van der Waals surface area (Å²) in [5.74, 6) is -1.51. The predicted octanol–water partition coefficient (Wildman–Crippen LogP) is 2.52. The third-order valence-corrected chi connectivity index (χ3v) is 2.10. The molecule has 1 heterocycles. The van der Waals surface area contributed by atoms with Gasteiger partial charge in [0.05, 0.1) is 5.56 Å². The first-order valence-electron chi connectivity index (χ1n) is 4.35. The molecule has 15 heavy (non-hydrogen) atoms. The number of benzene rings is 1. The molecule has 2 rings (SSSR count). The smallest absolute Gasteiger partial charge is 0.335 e. The SMILES string of the molecule is O=C(O)c1ccc(F)c(-c2ccc[nH]2)c1. The van der Waals surface area contributed by atoms with E-state index in [1.54, 1.807) is 18.3 Å². The lowest BCUT2D eigenvalue weighted by Crippen LogP contribution is -1.97. The van der Waals surface area contributed by atoms with Crippen LogP contribution in [0.5, 0.6) is 0 Å². The van der Waals surface area contributed by atoms with Gasteiger partial charge in [-0.2, -0.15) is 0 Å². The van der Waals surface area contributed by atoms with Crippen LogP contribution in [0.25, 0.3) is 11.3 Å². The zero-order valence-electron chi connectivity index (χ0n) is 7.70. The lowest BCUT2D eigenvalue weighted by atomic mass is 10.1. The molecule has 76 valence electrons. The number of H-pyrrole nitrogens is 1. The first-order chi connectivity index (χ1) is 7.18. The van der Waals surface area contributed by atoms with Gasteiger partial charge in [0.15, 0.2) is 0 Å². The molecule has 3 nitrogen and oxygen atoms in total. The van der Waals surface area contributed by atoms with Gasteiger partial charge in [-0.1, -0.05) is 0 Å². The van der Waals surface area contributed by atoms with Crippen LogP contribution in [0.2, 0.25) is 0 Å². The van der Waals surface area contributed by atoms with Gasteiger partial charge in [0.1, 0.15) is 5.82 Å². The Labute approximate surface area is 85.2 Å². The number of carboxylic acids is 1. The number of aromatic amines is 1. The molecule has 0 aliphatic heterocycles. The van der Waals surface area contributed by atoms with Gasteiger partial charge in [-0.05, 0) is 30.3 Å². The maximum absolute atomic E-state index is 13.4. The normalized spacial score (nSPS) is 10.2. The molecule has 0 aliphatic rings. The summed E-state index contributed by atoms with van der Waals surface area (Å²) in [6.07, 6.45) is 1.65. The van der Waals surface area contributed by atoms with Crippen LogP contribution in [-0.2, 0) is 0 Å². The summed E-state index contributed by atoms with van der Waals surface area (Å²) < 4.78 is 13.4. The number of nitrogens with one attached hydrogen (secondary N) is 1. The predicted molar refractivity (Wildman–Crippen MR) is 53.1 cm³/mol. The van der Waals surface area contributed by atoms with Crippen molar-refractivity contribution in [2.24, 2.45) is 0 Å². The topological polar surface area (TPSA) is 53.1 Å². The van der Waals surface area contributed by atoms with Gasteiger partial charge in [0.2, 0.25) is 0 Å². The van der Waals surface area contributed by atoms with E-state index in [0.717, 1.165) is 6.07 Å². The molecule has 1 aromatic heterocycles. The zero-order valence-corrected chi connectivity index (χ0v) is 7.70. The molecule has 1 aromatic carbocycles. The second-order valence-corrected chi connectivity index (χ2v) is 3.08. The standard InChI is InChI=1S/C11H8FNO2/c12-9-4-3-7(11(14)15)6-8(9)10-2-1-5-13-10/h1-6,13H,(H,14,15). The molecular weight excluding hydrogens is 197 g/mol. The van der Waals surface area contributed by atoms with Crippen molar-refractivity contribution in [2.45, 2.75) is 0 Å². The summed E-state index contributed by atoms with van der Waals surface area (Å²) in [5, 5.41) is 8.77. The number of aromatic carboxylic acids is 1. The fourth-order valence-corrected chi connectivity index (χ4v) is 1.36. The van der Waals surface area contributed by atoms with Gasteiger partial charge < -0.3 is 10.1 Å². The molecule has 2 aromatic rings. The summed E-state index contributed by atoms with van der Waals surface area (Å²) >= 11 is 0. The van der Waals surface area contributed by atoms with Gasteiger partial charge in [-0.25, -0.2) is 9.18 Å². The lowest BCUT2D eigenvalue weighted by Gasteiger charge is -2.02. The number of carbonyl (C=O) groups is 1. The van der Waals surface area contributed by atoms with E-state index < -0.39 is 11.8 Å². The van der Waals surface area contributed by atoms with Crippen LogP contribution in [0.4, 0.5) is 4.39 Å². The Kier molecular flexibility index (Phi) is 2.25. The van der Waals surface area contributed by atoms with Crippen molar-refractivity contribution in [3.8, 4) is 11.3 Å². The van der Waals surface area contributed by atoms with Crippen LogP contribution in [0.15, 0.2) is 36.5 Å². The Hall–Kier alpha value is -2.10. The largest absolute Gasteiger partial charge is 0.478 e. The summed E-state index contributed by atoms with van der Waals surface area (Å²) in [7, 11) is 0. The third kappa shape index (κ3) is 1.74. The highest BCUT2D eigenvalue weighted by Crippen LogP contribution is 2.22. The van der Waals surface area contributed by atoms with Gasteiger partial charge in [-0.3, -0.25) is 0 Å². The highest BCUT2D eigenvalue weighted by atomic mass is 19.1. The summed E-state index contributed by atoms with van der Waals surface area (Å²) in [6.45, 7) is 0. The maximum Gasteiger partial charge on any atom is 0.335 e. The average Bonchev–Trinajstić information content (AvgIpc) is 2.71. The first kappa shape index (κ1) is 9.45. The molecule has 0 radical (unpaired) electrons. The molecule has 0 atom stereocenters. The van der Waals surface area contributed by atoms with E-state index in [9.17, 15) is 9.18 Å². The van der Waals surface area contributed by atoms with E-state index >= 15 is 0 Å². The van der Waals surface area contributed by atoms with Gasteiger partial charge in [0, 0.05) is 17.5 Å². The van der Waals surface area contributed by atoms with Gasteiger partial charge in [-0.15, -0.1) is 0 Å². The van der Waals surface area contributed by atoms with Crippen LogP contribution in [-0.4, -0.2) is 16.1 Å². The number of rotatable bonds is 2. The van der Waals surface area contributed by atoms with Crippen molar-refractivity contribution in [2.75, 3.05) is 0 Å². The monoisotopic (exact) mass is 205 g/mol. The molecule has 0 amide bonds. The minimum atomic E-state index is -1.07. The molecule has 4 heteroatoms. The summed E-state index contributed by atoms with van der Waals surface area (Å²) in [6, 6.07) is 7.11. The molecular formula is C11H8FNO2. The van der Waals surface area contributed by atoms with Crippen LogP contribution >= 0.6 is 0 Å². The van der Waals surface area contributed by atoms with Crippen molar-refractivity contribution in [3.63, 3.8) is 0 Å². The van der Waals surface area contributed by atoms with E-state index in [1.165, 1.54) is 12.1 Å². The average molecular weight is 205 g/mol. The highest BCUT2D eigenvalue weighted by molar-refractivity contribution is 5.89. The number of hydrogen-bond donors (Lipinski definition) is 2. The number of carboxylic acid groups (broad SMARTS) is 1. The molecule has 0 saturated carbocycles. The molecule has 0 unspecified atom stereocenters. The minimum Gasteiger partial charge on any atom is -0.478 e. The van der Waals surface area contributed by atoms with Crippen molar-refractivity contribution < 1.29 is 14.3 Å². The lowest BCUT2D eigenvalue weighted by molar-refractivity contribution is 0.0697. The van der Waals surface area contributed by atoms with E-state index in [4.69, 9.17) is 5.11 Å². The Balaban J connectivity index is 2.55. The van der Waals surface area contributed by atoms with Crippen LogP contribution in [0.3, 0.4) is 0 Å². The maximum atomic E-state index is 13.4. The molecule has 0 fully saturated rings. The van der Waals surface area contributed by atoms with E-state index in [1.807, 2.05) is 0 Å². The summed E-state index contributed by atoms with van der Waals surface area (Å²) in [5.41, 5.74) is 0.900. The van der Waals surface area contributed by atoms with Crippen LogP contribution < -0.4 is 0 Å². The van der Waals surface area contributed by atoms with Crippen LogP contribution in [0.1, 0.15) is 10.4 Å². The molecule has 0 aliphatic carbocycles. The Bertz CT molecular complexity index is 491. The Morgan fingerprint density at radius 2 is 2.13 bits per heavy atom. The molecule has 2 N–H and O–H groups in total. The van der Waals surface area contributed by atoms with Gasteiger partial charge >= 0.3 is 5.97 Å². The second-order valence-electron chi connectivity index (χ2n) is 3.08. The second kappa shape index (κ2) is 3.57. The highest BCUT2D eigenvalue weighted by Gasteiger charge is 2.10. The molecule has 0 saturated heterocycles. The van der Waals surface area contributed by atoms with Crippen molar-refractivity contribution in [3.05, 3.63) is 47.9 Å². The fourth-order valence-electron chi connectivity index (χ4n) is 1.36. The van der Waals surface area contributed by atoms with Crippen molar-refractivity contribution >= 4 is 5.97 Å². The van der Waals surface area contributed by atoms with Crippen LogP contribution in [0, 0.1) is 5.82 Å². The van der Waals surface area contributed by atoms with Crippen molar-refractivity contribution in [1.82, 2.24) is 4.98 Å². The number of aromatic nitrogens is 1. The van der Waals surface area contributed by atoms with E-state index in [0.29, 0.717) is 5.69 Å². The van der Waals surface area contributed by atoms with E-state index in [2.05, 4.69) is 4.98 Å². The zero-order chi connectivity index (χ0) is 10.8. The minimum absolute atomic E-state index is 0.0704.